The highest BCUT2D eigenvalue weighted by Crippen LogP contribution is 2.30. The molecule has 0 unspecified atom stereocenters. The fourth-order valence-electron chi connectivity index (χ4n) is 2.18. The lowest BCUT2D eigenvalue weighted by molar-refractivity contribution is -0.119. The summed E-state index contributed by atoms with van der Waals surface area (Å²) in [5.74, 6) is -1.01. The van der Waals surface area contributed by atoms with E-state index in [0.717, 1.165) is 16.8 Å². The number of carbonyl (C=O) groups excluding carboxylic acids is 1. The summed E-state index contributed by atoms with van der Waals surface area (Å²) >= 11 is 11.9. The zero-order chi connectivity index (χ0) is 20.9. The molecule has 2 rings (SSSR count). The molecule has 2 aromatic carbocycles. The number of anilines is 1. The number of nitrogens with one attached hydrogen (secondary N) is 1. The summed E-state index contributed by atoms with van der Waals surface area (Å²) < 4.78 is 43.7. The second-order valence-electron chi connectivity index (χ2n) is 5.52. The molecule has 0 saturated heterocycles. The van der Waals surface area contributed by atoms with Gasteiger partial charge in [0.2, 0.25) is 10.0 Å². The average Bonchev–Trinajstić information content (AvgIpc) is 2.61. The van der Waals surface area contributed by atoms with Gasteiger partial charge in [-0.1, -0.05) is 29.3 Å². The molecule has 0 aliphatic heterocycles. The monoisotopic (exact) mass is 447 g/mol. The summed E-state index contributed by atoms with van der Waals surface area (Å²) in [6.07, 6.45) is 1.98. The van der Waals surface area contributed by atoms with Crippen LogP contribution in [0.25, 0.3) is 0 Å². The van der Waals surface area contributed by atoms with Crippen LogP contribution in [-0.2, 0) is 14.8 Å². The molecule has 1 amide bonds. The van der Waals surface area contributed by atoms with Crippen molar-refractivity contribution >= 4 is 51.0 Å². The highest BCUT2D eigenvalue weighted by Gasteiger charge is 2.21. The maximum atomic E-state index is 13.7. The van der Waals surface area contributed by atoms with Crippen LogP contribution in [0.3, 0.4) is 0 Å². The lowest BCUT2D eigenvalue weighted by atomic mass is 10.2. The Morgan fingerprint density at radius 3 is 2.57 bits per heavy atom. The van der Waals surface area contributed by atoms with E-state index >= 15 is 0 Å². The maximum absolute atomic E-state index is 13.7. The minimum absolute atomic E-state index is 0.00799. The maximum Gasteiger partial charge on any atom is 0.260 e. The fourth-order valence-corrected chi connectivity index (χ4v) is 3.49. The van der Waals surface area contributed by atoms with Crippen LogP contribution in [0, 0.1) is 5.82 Å². The van der Waals surface area contributed by atoms with Crippen molar-refractivity contribution in [3.05, 3.63) is 57.8 Å². The summed E-state index contributed by atoms with van der Waals surface area (Å²) in [6.45, 7) is -0.566. The van der Waals surface area contributed by atoms with Gasteiger partial charge in [0.25, 0.3) is 5.91 Å². The Kier molecular flexibility index (Phi) is 7.22. The summed E-state index contributed by atoms with van der Waals surface area (Å²) in [5.41, 5.74) is 2.30. The highest BCUT2D eigenvalue weighted by molar-refractivity contribution is 7.92. The molecule has 0 aromatic heterocycles. The molecule has 150 valence electrons. The van der Waals surface area contributed by atoms with Crippen LogP contribution in [0.2, 0.25) is 10.0 Å². The first-order valence-electron chi connectivity index (χ1n) is 7.70. The molecule has 0 fully saturated rings. The molecular weight excluding hydrogens is 432 g/mol. The average molecular weight is 448 g/mol. The van der Waals surface area contributed by atoms with Gasteiger partial charge in [-0.25, -0.2) is 18.2 Å². The van der Waals surface area contributed by atoms with E-state index in [1.807, 2.05) is 0 Å². The number of sulfonamides is 1. The van der Waals surface area contributed by atoms with Gasteiger partial charge >= 0.3 is 0 Å². The number of carbonyl (C=O) groups is 1. The first-order valence-corrected chi connectivity index (χ1v) is 10.3. The number of hydrogen-bond donors (Lipinski definition) is 1. The van der Waals surface area contributed by atoms with E-state index in [-0.39, 0.29) is 21.3 Å². The summed E-state index contributed by atoms with van der Waals surface area (Å²) in [5, 5.41) is 3.92. The number of rotatable bonds is 7. The second-order valence-corrected chi connectivity index (χ2v) is 8.24. The van der Waals surface area contributed by atoms with Crippen molar-refractivity contribution in [3.63, 3.8) is 0 Å². The Labute approximate surface area is 171 Å². The van der Waals surface area contributed by atoms with Gasteiger partial charge in [-0.15, -0.1) is 0 Å². The largest absolute Gasteiger partial charge is 0.495 e. The van der Waals surface area contributed by atoms with Gasteiger partial charge in [-0.05, 0) is 30.3 Å². The molecule has 0 bridgehead atoms. The van der Waals surface area contributed by atoms with Crippen LogP contribution < -0.4 is 14.5 Å². The van der Waals surface area contributed by atoms with Crippen LogP contribution in [0.4, 0.5) is 10.1 Å². The minimum atomic E-state index is -3.80. The Balaban J connectivity index is 2.16. The number of hydrazone groups is 1. The van der Waals surface area contributed by atoms with Crippen LogP contribution >= 0.6 is 23.2 Å². The van der Waals surface area contributed by atoms with Crippen molar-refractivity contribution < 1.29 is 22.3 Å². The zero-order valence-electron chi connectivity index (χ0n) is 14.8. The Bertz CT molecular complexity index is 995. The molecule has 0 atom stereocenters. The van der Waals surface area contributed by atoms with Crippen LogP contribution in [0.5, 0.6) is 5.75 Å². The first kappa shape index (κ1) is 21.9. The van der Waals surface area contributed by atoms with Crippen molar-refractivity contribution in [1.82, 2.24) is 5.43 Å². The third kappa shape index (κ3) is 5.57. The van der Waals surface area contributed by atoms with Crippen molar-refractivity contribution in [3.8, 4) is 5.75 Å². The molecule has 2 aromatic rings. The molecule has 7 nitrogen and oxygen atoms in total. The van der Waals surface area contributed by atoms with Gasteiger partial charge in [-0.3, -0.25) is 9.10 Å². The van der Waals surface area contributed by atoms with Gasteiger partial charge in [-0.2, -0.15) is 5.10 Å². The number of amides is 1. The van der Waals surface area contributed by atoms with E-state index in [1.165, 1.54) is 43.5 Å². The molecule has 11 heteroatoms. The molecule has 0 aliphatic rings. The van der Waals surface area contributed by atoms with Gasteiger partial charge in [0.1, 0.15) is 18.1 Å². The third-order valence-electron chi connectivity index (χ3n) is 3.49. The predicted molar refractivity (Wildman–Crippen MR) is 107 cm³/mol. The second kappa shape index (κ2) is 9.22. The number of benzene rings is 2. The fraction of sp³-hybridized carbons (Fsp3) is 0.176. The van der Waals surface area contributed by atoms with Gasteiger partial charge < -0.3 is 4.74 Å². The molecule has 0 radical (unpaired) electrons. The van der Waals surface area contributed by atoms with Crippen molar-refractivity contribution in [1.29, 1.82) is 0 Å². The molecule has 1 N–H and O–H groups in total. The Morgan fingerprint density at radius 1 is 1.29 bits per heavy atom. The van der Waals surface area contributed by atoms with Crippen LogP contribution in [0.1, 0.15) is 5.56 Å². The normalized spacial score (nSPS) is 11.5. The number of ether oxygens (including phenoxy) is 1. The topological polar surface area (TPSA) is 88.1 Å². The van der Waals surface area contributed by atoms with Gasteiger partial charge in [0, 0.05) is 5.56 Å². The number of nitrogens with zero attached hydrogens (tertiary/aromatic N) is 2. The zero-order valence-corrected chi connectivity index (χ0v) is 17.1. The van der Waals surface area contributed by atoms with Crippen LogP contribution in [-0.4, -0.2) is 40.4 Å². The number of hydrogen-bond acceptors (Lipinski definition) is 5. The van der Waals surface area contributed by atoms with E-state index in [1.54, 1.807) is 0 Å². The molecule has 0 heterocycles. The number of methoxy groups -OCH3 is 1. The van der Waals surface area contributed by atoms with Gasteiger partial charge in [0.05, 0.1) is 35.3 Å². The quantitative estimate of drug-likeness (QED) is 0.521. The number of halogens is 3. The smallest absolute Gasteiger partial charge is 0.260 e. The van der Waals surface area contributed by atoms with Crippen molar-refractivity contribution in [2.75, 3.05) is 24.2 Å². The standard InChI is InChI=1S/C17H16Cl2FN3O4S/c1-27-16-7-6-11(8-14(16)19)23(28(2,25)26)10-17(24)22-21-9-12-13(18)4-3-5-15(12)20/h3-9H,10H2,1-2H3,(H,22,24)/b21-9-. The minimum Gasteiger partial charge on any atom is -0.495 e. The lowest BCUT2D eigenvalue weighted by Gasteiger charge is -2.22. The first-order chi connectivity index (χ1) is 13.1. The molecule has 28 heavy (non-hydrogen) atoms. The summed E-state index contributed by atoms with van der Waals surface area (Å²) in [4.78, 5) is 12.1. The van der Waals surface area contributed by atoms with Crippen molar-refractivity contribution in [2.45, 2.75) is 0 Å². The van der Waals surface area contributed by atoms with Gasteiger partial charge in [0.15, 0.2) is 0 Å². The lowest BCUT2D eigenvalue weighted by Crippen LogP contribution is -2.39. The predicted octanol–water partition coefficient (Wildman–Crippen LogP) is 3.06. The third-order valence-corrected chi connectivity index (χ3v) is 5.26. The SMILES string of the molecule is COc1ccc(N(CC(=O)N/N=C\c2c(F)cccc2Cl)S(C)(=O)=O)cc1Cl. The van der Waals surface area contributed by atoms with E-state index in [0.29, 0.717) is 5.75 Å². The van der Waals surface area contributed by atoms with E-state index in [2.05, 4.69) is 10.5 Å². The Morgan fingerprint density at radius 2 is 2.00 bits per heavy atom. The Hall–Kier alpha value is -2.36. The molecule has 0 aliphatic carbocycles. The van der Waals surface area contributed by atoms with Crippen molar-refractivity contribution in [2.24, 2.45) is 5.10 Å². The molecule has 0 spiro atoms. The summed E-state index contributed by atoms with van der Waals surface area (Å²) in [6, 6.07) is 8.36. The summed E-state index contributed by atoms with van der Waals surface area (Å²) in [7, 11) is -2.38. The van der Waals surface area contributed by atoms with E-state index in [4.69, 9.17) is 27.9 Å². The van der Waals surface area contributed by atoms with Crippen LogP contribution in [0.15, 0.2) is 41.5 Å². The molecular formula is C17H16Cl2FN3O4S. The molecule has 0 saturated carbocycles. The highest BCUT2D eigenvalue weighted by atomic mass is 35.5. The van der Waals surface area contributed by atoms with E-state index in [9.17, 15) is 17.6 Å². The van der Waals surface area contributed by atoms with E-state index < -0.39 is 28.3 Å².